The maximum atomic E-state index is 13.8. The van der Waals surface area contributed by atoms with Gasteiger partial charge in [-0.1, -0.05) is 73.1 Å². The number of halogens is 2. The highest BCUT2D eigenvalue weighted by atomic mass is 79.9. The van der Waals surface area contributed by atoms with Crippen molar-refractivity contribution in [3.63, 3.8) is 0 Å². The molecule has 2 heterocycles. The summed E-state index contributed by atoms with van der Waals surface area (Å²) in [7, 11) is 0. The molecule has 0 spiro atoms. The highest BCUT2D eigenvalue weighted by Gasteiger charge is 2.48. The summed E-state index contributed by atoms with van der Waals surface area (Å²) in [5, 5.41) is 11.2. The Hall–Kier alpha value is -3.78. The first-order chi connectivity index (χ1) is 17.0. The summed E-state index contributed by atoms with van der Waals surface area (Å²) in [5.74, 6) is -2.30. The van der Waals surface area contributed by atoms with Gasteiger partial charge in [-0.3, -0.25) is 14.5 Å². The van der Waals surface area contributed by atoms with Crippen molar-refractivity contribution in [1.29, 1.82) is 0 Å². The molecule has 3 aromatic carbocycles. The Morgan fingerprint density at radius 2 is 1.69 bits per heavy atom. The molecule has 0 radical (unpaired) electrons. The SMILES string of the molecule is CC(C)(C)c1ccc(C2/C(=C(\O)c3ccc(Br)cc3)C(=O)C(=O)N2c2nc3ccc(F)cc3[nH]2)cc1. The lowest BCUT2D eigenvalue weighted by atomic mass is 9.85. The molecule has 1 aliphatic heterocycles. The Labute approximate surface area is 215 Å². The van der Waals surface area contributed by atoms with Crippen molar-refractivity contribution >= 4 is 50.4 Å². The van der Waals surface area contributed by atoms with E-state index >= 15 is 0 Å². The van der Waals surface area contributed by atoms with Crippen molar-refractivity contribution in [2.45, 2.75) is 32.2 Å². The van der Waals surface area contributed by atoms with Crippen molar-refractivity contribution in [1.82, 2.24) is 9.97 Å². The molecule has 182 valence electrons. The van der Waals surface area contributed by atoms with Crippen LogP contribution in [0.4, 0.5) is 10.3 Å². The van der Waals surface area contributed by atoms with E-state index in [0.29, 0.717) is 22.2 Å². The van der Waals surface area contributed by atoms with Gasteiger partial charge in [-0.15, -0.1) is 0 Å². The van der Waals surface area contributed by atoms with Crippen LogP contribution >= 0.6 is 15.9 Å². The van der Waals surface area contributed by atoms with E-state index in [2.05, 4.69) is 46.7 Å². The largest absolute Gasteiger partial charge is 0.507 e. The summed E-state index contributed by atoms with van der Waals surface area (Å²) in [6, 6.07) is 17.5. The highest BCUT2D eigenvalue weighted by Crippen LogP contribution is 2.42. The molecule has 8 heteroatoms. The second-order valence-corrected chi connectivity index (χ2v) is 10.7. The fraction of sp³-hybridized carbons (Fsp3) is 0.179. The average molecular weight is 548 g/mol. The number of hydrogen-bond donors (Lipinski definition) is 2. The summed E-state index contributed by atoms with van der Waals surface area (Å²) in [4.78, 5) is 35.3. The average Bonchev–Trinajstić information content (AvgIpc) is 3.36. The molecule has 0 saturated carbocycles. The van der Waals surface area contributed by atoms with E-state index < -0.39 is 23.5 Å². The number of nitrogens with one attached hydrogen (secondary N) is 1. The number of aliphatic hydroxyl groups is 1. The van der Waals surface area contributed by atoms with Gasteiger partial charge >= 0.3 is 5.91 Å². The standard InChI is InChI=1S/C28H23BrFN3O3/c1-28(2,3)17-8-4-15(5-9-17)23-22(24(34)16-6-10-18(29)11-7-16)25(35)26(36)33(23)27-31-20-13-12-19(30)14-21(20)32-27/h4-14,23,34H,1-3H3,(H,31,32)/b24-22+. The van der Waals surface area contributed by atoms with E-state index in [9.17, 15) is 19.1 Å². The molecule has 1 saturated heterocycles. The number of nitrogens with zero attached hydrogens (tertiary/aromatic N) is 2. The molecule has 1 fully saturated rings. The third kappa shape index (κ3) is 4.11. The fourth-order valence-electron chi connectivity index (χ4n) is 4.38. The molecule has 1 aliphatic rings. The molecule has 1 atom stereocenters. The molecule has 5 rings (SSSR count). The Morgan fingerprint density at radius 3 is 2.33 bits per heavy atom. The fourth-order valence-corrected chi connectivity index (χ4v) is 4.64. The van der Waals surface area contributed by atoms with Crippen LogP contribution in [0.1, 0.15) is 43.5 Å². The number of amides is 1. The Morgan fingerprint density at radius 1 is 1.03 bits per heavy atom. The molecule has 1 amide bonds. The zero-order chi connectivity index (χ0) is 25.8. The van der Waals surface area contributed by atoms with Crippen LogP contribution in [0.25, 0.3) is 16.8 Å². The Bertz CT molecular complexity index is 1530. The topological polar surface area (TPSA) is 86.3 Å². The van der Waals surface area contributed by atoms with Crippen molar-refractivity contribution in [2.24, 2.45) is 0 Å². The van der Waals surface area contributed by atoms with Crippen molar-refractivity contribution in [3.8, 4) is 0 Å². The number of Topliss-reactive ketones (excluding diaryl/α,β-unsaturated/α-hetero) is 1. The van der Waals surface area contributed by atoms with Crippen LogP contribution in [0.2, 0.25) is 0 Å². The minimum atomic E-state index is -0.937. The maximum absolute atomic E-state index is 13.8. The normalized spacial score (nSPS) is 17.8. The molecular formula is C28H23BrFN3O3. The molecular weight excluding hydrogens is 525 g/mol. The van der Waals surface area contributed by atoms with Gasteiger partial charge in [0.2, 0.25) is 5.95 Å². The summed E-state index contributed by atoms with van der Waals surface area (Å²) in [5.41, 5.74) is 2.81. The maximum Gasteiger partial charge on any atom is 0.302 e. The molecule has 4 aromatic rings. The van der Waals surface area contributed by atoms with Crippen molar-refractivity contribution in [2.75, 3.05) is 4.90 Å². The van der Waals surface area contributed by atoms with E-state index in [1.165, 1.54) is 23.1 Å². The van der Waals surface area contributed by atoms with Crippen molar-refractivity contribution < 1.29 is 19.1 Å². The number of H-pyrrole nitrogens is 1. The first kappa shape index (κ1) is 23.9. The third-order valence-corrected chi connectivity index (χ3v) is 6.84. The minimum absolute atomic E-state index is 0.0440. The van der Waals surface area contributed by atoms with E-state index in [0.717, 1.165) is 10.0 Å². The van der Waals surface area contributed by atoms with Gasteiger partial charge in [0.25, 0.3) is 5.78 Å². The first-order valence-corrected chi connectivity index (χ1v) is 12.2. The van der Waals surface area contributed by atoms with E-state index in [1.807, 2.05) is 24.3 Å². The van der Waals surface area contributed by atoms with Gasteiger partial charge in [-0.2, -0.15) is 0 Å². The van der Waals surface area contributed by atoms with Crippen LogP contribution in [0.5, 0.6) is 0 Å². The summed E-state index contributed by atoms with van der Waals surface area (Å²) in [6.07, 6.45) is 0. The molecule has 6 nitrogen and oxygen atoms in total. The molecule has 1 unspecified atom stereocenters. The number of anilines is 1. The number of carbonyl (C=O) groups is 2. The number of aliphatic hydroxyl groups excluding tert-OH is 1. The molecule has 2 N–H and O–H groups in total. The van der Waals surface area contributed by atoms with Crippen LogP contribution in [0, 0.1) is 5.82 Å². The van der Waals surface area contributed by atoms with E-state index in [4.69, 9.17) is 0 Å². The number of hydrogen-bond acceptors (Lipinski definition) is 4. The van der Waals surface area contributed by atoms with Crippen LogP contribution in [0.3, 0.4) is 0 Å². The molecule has 1 aromatic heterocycles. The Kier molecular flexibility index (Phi) is 5.79. The van der Waals surface area contributed by atoms with Gasteiger partial charge in [0.05, 0.1) is 22.6 Å². The minimum Gasteiger partial charge on any atom is -0.507 e. The number of fused-ring (bicyclic) bond motifs is 1. The van der Waals surface area contributed by atoms with Gasteiger partial charge in [0, 0.05) is 10.0 Å². The van der Waals surface area contributed by atoms with Gasteiger partial charge in [-0.05, 0) is 46.9 Å². The predicted molar refractivity (Wildman–Crippen MR) is 140 cm³/mol. The monoisotopic (exact) mass is 547 g/mol. The second kappa shape index (κ2) is 8.71. The summed E-state index contributed by atoms with van der Waals surface area (Å²) < 4.78 is 14.6. The smallest absolute Gasteiger partial charge is 0.302 e. The number of aromatic amines is 1. The third-order valence-electron chi connectivity index (χ3n) is 6.31. The number of ketones is 1. The zero-order valence-corrected chi connectivity index (χ0v) is 21.4. The summed E-state index contributed by atoms with van der Waals surface area (Å²) >= 11 is 3.37. The van der Waals surface area contributed by atoms with Gasteiger partial charge in [-0.25, -0.2) is 9.37 Å². The quantitative estimate of drug-likeness (QED) is 0.177. The number of carbonyl (C=O) groups excluding carboxylic acids is 2. The molecule has 36 heavy (non-hydrogen) atoms. The lowest BCUT2D eigenvalue weighted by Gasteiger charge is -2.24. The lowest BCUT2D eigenvalue weighted by molar-refractivity contribution is -0.132. The highest BCUT2D eigenvalue weighted by molar-refractivity contribution is 9.10. The molecule has 0 aliphatic carbocycles. The number of aromatic nitrogens is 2. The zero-order valence-electron chi connectivity index (χ0n) is 19.8. The van der Waals surface area contributed by atoms with Crippen LogP contribution in [0.15, 0.2) is 76.8 Å². The van der Waals surface area contributed by atoms with Gasteiger partial charge < -0.3 is 10.1 Å². The second-order valence-electron chi connectivity index (χ2n) is 9.77. The number of benzene rings is 3. The number of imidazole rings is 1. The van der Waals surface area contributed by atoms with E-state index in [-0.39, 0.29) is 22.7 Å². The van der Waals surface area contributed by atoms with Crippen molar-refractivity contribution in [3.05, 3.63) is 99.3 Å². The predicted octanol–water partition coefficient (Wildman–Crippen LogP) is 6.39. The summed E-state index contributed by atoms with van der Waals surface area (Å²) in [6.45, 7) is 6.28. The number of rotatable bonds is 3. The first-order valence-electron chi connectivity index (χ1n) is 11.4. The Balaban J connectivity index is 1.71. The van der Waals surface area contributed by atoms with E-state index in [1.54, 1.807) is 24.3 Å². The molecule has 0 bridgehead atoms. The lowest BCUT2D eigenvalue weighted by Crippen LogP contribution is -2.30. The van der Waals surface area contributed by atoms with Gasteiger partial charge in [0.15, 0.2) is 0 Å². The van der Waals surface area contributed by atoms with Crippen LogP contribution < -0.4 is 4.90 Å². The van der Waals surface area contributed by atoms with Gasteiger partial charge in [0.1, 0.15) is 11.6 Å². The van der Waals surface area contributed by atoms with Crippen LogP contribution in [-0.4, -0.2) is 26.8 Å². The van der Waals surface area contributed by atoms with Crippen LogP contribution in [-0.2, 0) is 15.0 Å².